The van der Waals surface area contributed by atoms with Gasteiger partial charge in [-0.2, -0.15) is 0 Å². The summed E-state index contributed by atoms with van der Waals surface area (Å²) < 4.78 is 30.0. The van der Waals surface area contributed by atoms with E-state index in [4.69, 9.17) is 5.73 Å². The van der Waals surface area contributed by atoms with Crippen molar-refractivity contribution in [2.75, 3.05) is 7.11 Å². The largest absolute Gasteiger partial charge is 0.481 e. The molecule has 0 saturated heterocycles. The highest BCUT2D eigenvalue weighted by Gasteiger charge is 2.27. The summed E-state index contributed by atoms with van der Waals surface area (Å²) in [7, 11) is 1.15. The Bertz CT molecular complexity index is 412. The molecule has 0 aromatic carbocycles. The number of hydrogen-bond acceptors (Lipinski definition) is 5. The zero-order valence-corrected chi connectivity index (χ0v) is 8.31. The number of hydrogen-bond donors (Lipinski definition) is 1. The first kappa shape index (κ1) is 12.2. The first-order chi connectivity index (χ1) is 7.52. The zero-order valence-electron chi connectivity index (χ0n) is 8.31. The third-order valence-corrected chi connectivity index (χ3v) is 1.98. The highest BCUT2D eigenvalue weighted by Crippen LogP contribution is 2.34. The van der Waals surface area contributed by atoms with E-state index < -0.39 is 22.6 Å². The number of pyridine rings is 1. The Labute approximate surface area is 89.2 Å². The van der Waals surface area contributed by atoms with Crippen molar-refractivity contribution < 1.29 is 18.4 Å². The van der Waals surface area contributed by atoms with Gasteiger partial charge in [0, 0.05) is 6.54 Å². The summed E-state index contributed by atoms with van der Waals surface area (Å²) in [6, 6.07) is 0. The highest BCUT2D eigenvalue weighted by molar-refractivity contribution is 5.48. The Morgan fingerprint density at radius 2 is 2.31 bits per heavy atom. The number of alkyl halides is 2. The van der Waals surface area contributed by atoms with Crippen LogP contribution in [0.25, 0.3) is 0 Å². The normalized spacial score (nSPS) is 10.6. The van der Waals surface area contributed by atoms with Crippen LogP contribution in [-0.4, -0.2) is 17.0 Å². The fourth-order valence-corrected chi connectivity index (χ4v) is 1.29. The van der Waals surface area contributed by atoms with Gasteiger partial charge in [-0.15, -0.1) is 0 Å². The van der Waals surface area contributed by atoms with E-state index in [-0.39, 0.29) is 18.0 Å². The third kappa shape index (κ3) is 2.06. The predicted molar refractivity (Wildman–Crippen MR) is 50.3 cm³/mol. The summed E-state index contributed by atoms with van der Waals surface area (Å²) >= 11 is 0. The summed E-state index contributed by atoms with van der Waals surface area (Å²) in [5.41, 5.74) is 3.82. The first-order valence-corrected chi connectivity index (χ1v) is 4.21. The summed E-state index contributed by atoms with van der Waals surface area (Å²) in [5, 5.41) is 10.6. The second-order valence-corrected chi connectivity index (χ2v) is 2.81. The summed E-state index contributed by atoms with van der Waals surface area (Å²) in [4.78, 5) is 13.2. The van der Waals surface area contributed by atoms with Gasteiger partial charge in [0.2, 0.25) is 5.88 Å². The molecule has 0 aliphatic heterocycles. The van der Waals surface area contributed by atoms with E-state index in [0.717, 1.165) is 13.3 Å². The Morgan fingerprint density at radius 1 is 1.69 bits per heavy atom. The number of halogens is 2. The average Bonchev–Trinajstić information content (AvgIpc) is 2.26. The van der Waals surface area contributed by atoms with E-state index in [2.05, 4.69) is 9.72 Å². The third-order valence-electron chi connectivity index (χ3n) is 1.98. The molecule has 0 atom stereocenters. The molecule has 0 fully saturated rings. The molecule has 6 nitrogen and oxygen atoms in total. The van der Waals surface area contributed by atoms with Crippen LogP contribution in [-0.2, 0) is 6.54 Å². The van der Waals surface area contributed by atoms with E-state index in [1.165, 1.54) is 0 Å². The molecule has 1 aromatic rings. The van der Waals surface area contributed by atoms with Gasteiger partial charge in [0.25, 0.3) is 12.1 Å². The molecule has 0 aliphatic carbocycles. The van der Waals surface area contributed by atoms with E-state index in [1.54, 1.807) is 0 Å². The Hall–Kier alpha value is -1.83. The molecule has 0 spiro atoms. The topological polar surface area (TPSA) is 91.3 Å². The molecule has 1 heterocycles. The molecule has 1 aromatic heterocycles. The van der Waals surface area contributed by atoms with Crippen LogP contribution in [0.4, 0.5) is 14.5 Å². The number of nitro groups is 1. The van der Waals surface area contributed by atoms with Crippen molar-refractivity contribution >= 4 is 5.69 Å². The fourth-order valence-electron chi connectivity index (χ4n) is 1.29. The second-order valence-electron chi connectivity index (χ2n) is 2.81. The van der Waals surface area contributed by atoms with Crippen molar-refractivity contribution in [2.45, 2.75) is 13.0 Å². The number of nitrogens with zero attached hydrogens (tertiary/aromatic N) is 2. The molecule has 8 heteroatoms. The van der Waals surface area contributed by atoms with Crippen LogP contribution >= 0.6 is 0 Å². The SMILES string of the molecule is COc1ncc([N+](=O)[O-])c(CN)c1C(F)F. The molecule has 0 saturated carbocycles. The van der Waals surface area contributed by atoms with Crippen LogP contribution in [0.3, 0.4) is 0 Å². The molecule has 1 rings (SSSR count). The summed E-state index contributed by atoms with van der Waals surface area (Å²) in [6.45, 7) is -0.380. The van der Waals surface area contributed by atoms with E-state index in [9.17, 15) is 18.9 Å². The van der Waals surface area contributed by atoms with Crippen LogP contribution in [0.1, 0.15) is 17.6 Å². The highest BCUT2D eigenvalue weighted by atomic mass is 19.3. The smallest absolute Gasteiger partial charge is 0.292 e. The number of rotatable bonds is 4. The molecule has 16 heavy (non-hydrogen) atoms. The molecule has 0 radical (unpaired) electrons. The Morgan fingerprint density at radius 3 is 2.69 bits per heavy atom. The van der Waals surface area contributed by atoms with Gasteiger partial charge in [-0.25, -0.2) is 13.8 Å². The molecule has 0 aliphatic rings. The van der Waals surface area contributed by atoms with Crippen LogP contribution in [0, 0.1) is 10.1 Å². The summed E-state index contributed by atoms with van der Waals surface area (Å²) in [6.07, 6.45) is -2.08. The molecule has 88 valence electrons. The predicted octanol–water partition coefficient (Wildman–Crippen LogP) is 1.39. The van der Waals surface area contributed by atoms with E-state index >= 15 is 0 Å². The maximum absolute atomic E-state index is 12.7. The lowest BCUT2D eigenvalue weighted by molar-refractivity contribution is -0.386. The molecule has 0 bridgehead atoms. The Balaban J connectivity index is 3.49. The lowest BCUT2D eigenvalue weighted by Crippen LogP contribution is -2.09. The summed E-state index contributed by atoms with van der Waals surface area (Å²) in [5.74, 6) is -0.346. The molecular weight excluding hydrogens is 224 g/mol. The first-order valence-electron chi connectivity index (χ1n) is 4.21. The van der Waals surface area contributed by atoms with Gasteiger partial charge in [0.05, 0.1) is 23.2 Å². The maximum atomic E-state index is 12.7. The average molecular weight is 233 g/mol. The minimum Gasteiger partial charge on any atom is -0.481 e. The van der Waals surface area contributed by atoms with Crippen LogP contribution in [0.2, 0.25) is 0 Å². The molecular formula is C8H9F2N3O3. The number of nitrogens with two attached hydrogens (primary N) is 1. The van der Waals surface area contributed by atoms with Gasteiger partial charge in [-0.3, -0.25) is 10.1 Å². The number of aromatic nitrogens is 1. The number of methoxy groups -OCH3 is 1. The van der Waals surface area contributed by atoms with Gasteiger partial charge in [0.1, 0.15) is 6.20 Å². The maximum Gasteiger partial charge on any atom is 0.292 e. The van der Waals surface area contributed by atoms with E-state index in [1.807, 2.05) is 0 Å². The number of ether oxygens (including phenoxy) is 1. The zero-order chi connectivity index (χ0) is 12.3. The molecule has 0 unspecified atom stereocenters. The van der Waals surface area contributed by atoms with E-state index in [0.29, 0.717) is 0 Å². The molecule has 2 N–H and O–H groups in total. The molecule has 0 amide bonds. The lowest BCUT2D eigenvalue weighted by atomic mass is 10.1. The van der Waals surface area contributed by atoms with Crippen molar-refractivity contribution in [2.24, 2.45) is 5.73 Å². The van der Waals surface area contributed by atoms with Gasteiger partial charge in [-0.05, 0) is 0 Å². The Kier molecular flexibility index (Phi) is 3.67. The fraction of sp³-hybridized carbons (Fsp3) is 0.375. The minimum absolute atomic E-state index is 0.258. The van der Waals surface area contributed by atoms with Crippen molar-refractivity contribution in [1.82, 2.24) is 4.98 Å². The van der Waals surface area contributed by atoms with Crippen molar-refractivity contribution in [3.8, 4) is 5.88 Å². The monoisotopic (exact) mass is 233 g/mol. The lowest BCUT2D eigenvalue weighted by Gasteiger charge is -2.10. The van der Waals surface area contributed by atoms with Crippen LogP contribution in [0.5, 0.6) is 5.88 Å². The van der Waals surface area contributed by atoms with Gasteiger partial charge >= 0.3 is 0 Å². The van der Waals surface area contributed by atoms with Crippen molar-refractivity contribution in [3.05, 3.63) is 27.4 Å². The van der Waals surface area contributed by atoms with Gasteiger partial charge in [0.15, 0.2) is 0 Å². The van der Waals surface area contributed by atoms with Gasteiger partial charge < -0.3 is 10.5 Å². The van der Waals surface area contributed by atoms with Crippen LogP contribution < -0.4 is 10.5 Å². The van der Waals surface area contributed by atoms with Crippen molar-refractivity contribution in [3.63, 3.8) is 0 Å². The second kappa shape index (κ2) is 4.79. The quantitative estimate of drug-likeness (QED) is 0.626. The van der Waals surface area contributed by atoms with Crippen LogP contribution in [0.15, 0.2) is 6.20 Å². The van der Waals surface area contributed by atoms with Gasteiger partial charge in [-0.1, -0.05) is 0 Å². The standard InChI is InChI=1S/C8H9F2N3O3/c1-16-8-6(7(9)10)4(2-11)5(3-12-8)13(14)15/h3,7H,2,11H2,1H3. The van der Waals surface area contributed by atoms with Crippen molar-refractivity contribution in [1.29, 1.82) is 0 Å². The minimum atomic E-state index is -2.93.